The predicted molar refractivity (Wildman–Crippen MR) is 169 cm³/mol. The summed E-state index contributed by atoms with van der Waals surface area (Å²) < 4.78 is 150. The second-order valence-electron chi connectivity index (χ2n) is 12.4. The number of halogens is 9. The van der Waals surface area contributed by atoms with Crippen molar-refractivity contribution in [2.75, 3.05) is 26.2 Å². The maximum Gasteiger partial charge on any atom is 0.430 e. The summed E-state index contributed by atoms with van der Waals surface area (Å²) in [7, 11) is -3.70. The van der Waals surface area contributed by atoms with Gasteiger partial charge in [-0.05, 0) is 55.7 Å². The number of alkyl halides is 6. The van der Waals surface area contributed by atoms with Crippen LogP contribution in [-0.4, -0.2) is 73.8 Å². The molecule has 0 aliphatic carbocycles. The average Bonchev–Trinajstić information content (AvgIpc) is 3.61. The van der Waals surface area contributed by atoms with Crippen LogP contribution in [0.15, 0.2) is 77.7 Å². The van der Waals surface area contributed by atoms with E-state index in [0.29, 0.717) is 37.4 Å². The Morgan fingerprint density at radius 2 is 1.38 bits per heavy atom. The number of hydrogen-bond donors (Lipinski definition) is 0. The minimum absolute atomic E-state index is 0.0123. The molecule has 2 heterocycles. The van der Waals surface area contributed by atoms with Gasteiger partial charge in [-0.25, -0.2) is 21.6 Å². The third-order valence-corrected chi connectivity index (χ3v) is 11.4. The number of likely N-dealkylation sites (tertiary alicyclic amines) is 2. The maximum atomic E-state index is 13.5. The molecule has 18 heteroatoms. The summed E-state index contributed by atoms with van der Waals surface area (Å²) in [5.74, 6) is -3.60. The normalized spacial score (nSPS) is 17.8. The minimum atomic E-state index is -5.92. The molecule has 2 amide bonds. The zero-order valence-corrected chi connectivity index (χ0v) is 28.7. The van der Waals surface area contributed by atoms with Crippen molar-refractivity contribution in [1.29, 1.82) is 5.26 Å². The molecule has 0 N–H and O–H groups in total. The predicted octanol–water partition coefficient (Wildman–Crippen LogP) is 6.85. The number of piperidine rings is 1. The van der Waals surface area contributed by atoms with E-state index in [0.717, 1.165) is 30.3 Å². The molecule has 5 rings (SSSR count). The molecule has 286 valence electrons. The van der Waals surface area contributed by atoms with Crippen LogP contribution in [0, 0.1) is 34.2 Å². The quantitative estimate of drug-likeness (QED) is 0.192. The number of benzene rings is 3. The summed E-state index contributed by atoms with van der Waals surface area (Å²) in [6.45, 7) is 0.820. The number of rotatable bonds is 7. The highest BCUT2D eigenvalue weighted by Crippen LogP contribution is 2.53. The van der Waals surface area contributed by atoms with Crippen molar-refractivity contribution < 1.29 is 62.3 Å². The average molecular weight is 778 g/mol. The van der Waals surface area contributed by atoms with Gasteiger partial charge >= 0.3 is 12.4 Å². The second-order valence-corrected chi connectivity index (χ2v) is 14.6. The molecule has 0 aromatic heterocycles. The molecule has 0 spiro atoms. The van der Waals surface area contributed by atoms with Gasteiger partial charge in [0.25, 0.3) is 5.60 Å². The van der Waals surface area contributed by atoms with Gasteiger partial charge in [0.1, 0.15) is 22.9 Å². The second kappa shape index (κ2) is 15.8. The van der Waals surface area contributed by atoms with E-state index in [-0.39, 0.29) is 49.1 Å². The first kappa shape index (κ1) is 41.1. The first-order valence-electron chi connectivity index (χ1n) is 15.9. The van der Waals surface area contributed by atoms with E-state index < -0.39 is 73.6 Å². The van der Waals surface area contributed by atoms with Crippen molar-refractivity contribution in [1.82, 2.24) is 9.80 Å². The van der Waals surface area contributed by atoms with E-state index >= 15 is 0 Å². The van der Waals surface area contributed by atoms with Crippen LogP contribution in [0.25, 0.3) is 0 Å². The van der Waals surface area contributed by atoms with Crippen LogP contribution >= 0.6 is 0 Å². The van der Waals surface area contributed by atoms with Crippen LogP contribution in [0.2, 0.25) is 0 Å². The molecule has 3 aromatic carbocycles. The van der Waals surface area contributed by atoms with Gasteiger partial charge in [0.2, 0.25) is 11.8 Å². The number of sulfone groups is 1. The fourth-order valence-electron chi connectivity index (χ4n) is 6.12. The number of carbonyl (C=O) groups excluding carboxylic acids is 2. The van der Waals surface area contributed by atoms with Gasteiger partial charge in [0.15, 0.2) is 9.84 Å². The summed E-state index contributed by atoms with van der Waals surface area (Å²) >= 11 is 0. The Hall–Kier alpha value is -4.63. The summed E-state index contributed by atoms with van der Waals surface area (Å²) in [5.41, 5.74) is -8.22. The highest BCUT2D eigenvalue weighted by Gasteiger charge is 2.73. The Labute approximate surface area is 298 Å². The molecule has 0 saturated carbocycles. The fraction of sp³-hybridized carbons (Fsp3) is 0.400. The molecule has 2 aliphatic heterocycles. The lowest BCUT2D eigenvalue weighted by Crippen LogP contribution is -2.55. The van der Waals surface area contributed by atoms with Crippen molar-refractivity contribution in [2.24, 2.45) is 5.41 Å². The maximum absolute atomic E-state index is 13.5. The molecule has 0 radical (unpaired) electrons. The number of nitrogens with zero attached hydrogens (tertiary/aromatic N) is 3. The number of amides is 2. The molecule has 8 nitrogen and oxygen atoms in total. The Kier molecular flexibility index (Phi) is 12.2. The Morgan fingerprint density at radius 3 is 1.87 bits per heavy atom. The smallest absolute Gasteiger partial charge is 0.349 e. The van der Waals surface area contributed by atoms with E-state index in [1.807, 2.05) is 0 Å². The molecular weight excluding hydrogens is 745 g/mol. The van der Waals surface area contributed by atoms with Crippen molar-refractivity contribution in [2.45, 2.75) is 60.9 Å². The van der Waals surface area contributed by atoms with Crippen LogP contribution in [0.4, 0.5) is 39.5 Å². The zero-order valence-electron chi connectivity index (χ0n) is 27.9. The van der Waals surface area contributed by atoms with Crippen LogP contribution in [0.5, 0.6) is 0 Å². The third kappa shape index (κ3) is 8.46. The van der Waals surface area contributed by atoms with E-state index in [2.05, 4.69) is 10.8 Å². The molecule has 2 saturated heterocycles. The Morgan fingerprint density at radius 1 is 0.830 bits per heavy atom. The minimum Gasteiger partial charge on any atom is -0.349 e. The fourth-order valence-corrected chi connectivity index (χ4v) is 7.81. The van der Waals surface area contributed by atoms with Gasteiger partial charge in [-0.2, -0.15) is 31.6 Å². The lowest BCUT2D eigenvalue weighted by atomic mass is 9.78. The third-order valence-electron chi connectivity index (χ3n) is 9.17. The molecule has 3 aromatic rings. The molecule has 53 heavy (non-hydrogen) atoms. The molecule has 0 bridgehead atoms. The van der Waals surface area contributed by atoms with Gasteiger partial charge in [0, 0.05) is 44.2 Å². The summed E-state index contributed by atoms with van der Waals surface area (Å²) in [6, 6.07) is 13.4. The van der Waals surface area contributed by atoms with Crippen molar-refractivity contribution in [3.05, 3.63) is 101 Å². The van der Waals surface area contributed by atoms with Crippen molar-refractivity contribution in [3.63, 3.8) is 0 Å². The molecule has 2 aliphatic rings. The Balaban J connectivity index is 0.000000238. The van der Waals surface area contributed by atoms with Crippen molar-refractivity contribution >= 4 is 21.7 Å². The highest BCUT2D eigenvalue weighted by atomic mass is 32.2. The standard InChI is InChI=1S/C19H22FN3O4S.C16H10F8O/c1-14(24)22-10-7-19(13-21,8-11-22)18(25)23-9-6-17(12-23)28(26,27)16-4-2-15(20)3-5-16;17-12-7-4-8-13(18)11(12)9-25-14(15(19,20)21,16(22,23)24)10-5-2-1-3-6-10/h2-5,17H,6-12H2,1H3;1-8H,9H2. The van der Waals surface area contributed by atoms with E-state index in [4.69, 9.17) is 0 Å². The first-order valence-corrected chi connectivity index (χ1v) is 17.5. The van der Waals surface area contributed by atoms with Crippen LogP contribution in [0.3, 0.4) is 0 Å². The first-order chi connectivity index (χ1) is 24.7. The largest absolute Gasteiger partial charge is 0.430 e. The number of nitriles is 1. The summed E-state index contributed by atoms with van der Waals surface area (Å²) in [5, 5.41) is 8.89. The van der Waals surface area contributed by atoms with E-state index in [1.54, 1.807) is 4.90 Å². The van der Waals surface area contributed by atoms with Crippen LogP contribution in [-0.2, 0) is 36.4 Å². The van der Waals surface area contributed by atoms with Gasteiger partial charge in [-0.15, -0.1) is 0 Å². The lowest BCUT2D eigenvalue weighted by molar-refractivity contribution is -0.392. The number of carbonyl (C=O) groups is 2. The number of ether oxygens (including phenoxy) is 1. The summed E-state index contributed by atoms with van der Waals surface area (Å²) in [6.07, 6.45) is -11.1. The van der Waals surface area contributed by atoms with Gasteiger partial charge in [0.05, 0.1) is 22.8 Å². The molecule has 1 unspecified atom stereocenters. The van der Waals surface area contributed by atoms with E-state index in [1.165, 1.54) is 30.0 Å². The Bertz CT molecular complexity index is 1890. The van der Waals surface area contributed by atoms with Crippen LogP contribution < -0.4 is 0 Å². The summed E-state index contributed by atoms with van der Waals surface area (Å²) in [4.78, 5) is 27.6. The van der Waals surface area contributed by atoms with Gasteiger partial charge < -0.3 is 14.5 Å². The number of hydrogen-bond acceptors (Lipinski definition) is 6. The SMILES string of the molecule is CC(=O)N1CCC(C#N)(C(=O)N2CCC(S(=O)(=O)c3ccc(F)cc3)C2)CC1.Fc1cccc(F)c1COC(c1ccccc1)(C(F)(F)F)C(F)(F)F. The molecular formula is C35H32F9N3O5S. The van der Waals surface area contributed by atoms with Gasteiger partial charge in [-0.1, -0.05) is 36.4 Å². The zero-order chi connectivity index (χ0) is 39.4. The van der Waals surface area contributed by atoms with E-state index in [9.17, 15) is 62.8 Å². The van der Waals surface area contributed by atoms with Crippen molar-refractivity contribution in [3.8, 4) is 6.07 Å². The molecule has 1 atom stereocenters. The lowest BCUT2D eigenvalue weighted by Gasteiger charge is -2.37. The van der Waals surface area contributed by atoms with Gasteiger partial charge in [-0.3, -0.25) is 9.59 Å². The highest BCUT2D eigenvalue weighted by molar-refractivity contribution is 7.92. The topological polar surface area (TPSA) is 108 Å². The monoisotopic (exact) mass is 777 g/mol. The molecule has 2 fully saturated rings. The van der Waals surface area contributed by atoms with Crippen LogP contribution in [0.1, 0.15) is 37.3 Å².